The molecule has 18 heavy (non-hydrogen) atoms. The summed E-state index contributed by atoms with van der Waals surface area (Å²) in [5.74, 6) is 0.177. The number of aromatic nitrogens is 2. The molecule has 96 valence electrons. The Kier molecular flexibility index (Phi) is 4.45. The van der Waals surface area contributed by atoms with Crippen LogP contribution >= 0.6 is 0 Å². The molecule has 4 heteroatoms. The van der Waals surface area contributed by atoms with Crippen LogP contribution in [0.5, 0.6) is 0 Å². The van der Waals surface area contributed by atoms with Crippen molar-refractivity contribution in [2.75, 3.05) is 0 Å². The van der Waals surface area contributed by atoms with Gasteiger partial charge in [-0.2, -0.15) is 0 Å². The van der Waals surface area contributed by atoms with Crippen LogP contribution < -0.4 is 0 Å². The lowest BCUT2D eigenvalue weighted by atomic mass is 10.0. The van der Waals surface area contributed by atoms with Crippen LogP contribution in [0.3, 0.4) is 0 Å². The van der Waals surface area contributed by atoms with E-state index in [0.717, 1.165) is 12.8 Å². The van der Waals surface area contributed by atoms with Gasteiger partial charge in [0.15, 0.2) is 5.78 Å². The van der Waals surface area contributed by atoms with Gasteiger partial charge in [0, 0.05) is 12.0 Å². The fourth-order valence-corrected chi connectivity index (χ4v) is 1.99. The van der Waals surface area contributed by atoms with Crippen LogP contribution in [0.4, 0.5) is 0 Å². The number of carbonyl (C=O) groups excluding carboxylic acids is 1. The maximum atomic E-state index is 12.0. The Morgan fingerprint density at radius 3 is 2.72 bits per heavy atom. The maximum absolute atomic E-state index is 12.0. The molecule has 0 spiro atoms. The second-order valence-electron chi connectivity index (χ2n) is 4.56. The first kappa shape index (κ1) is 12.7. The molecule has 0 unspecified atom stereocenters. The zero-order chi connectivity index (χ0) is 12.8. The van der Waals surface area contributed by atoms with E-state index in [0.29, 0.717) is 23.0 Å². The summed E-state index contributed by atoms with van der Waals surface area (Å²) in [6, 6.07) is 5.32. The first-order valence-electron chi connectivity index (χ1n) is 6.57. The number of fused-ring (bicyclic) bond motifs is 1. The molecule has 0 saturated heterocycles. The van der Waals surface area contributed by atoms with Crippen LogP contribution in [0.2, 0.25) is 0 Å². The molecule has 0 bridgehead atoms. The minimum atomic E-state index is 0.177. The highest BCUT2D eigenvalue weighted by atomic mass is 16.6. The molecule has 0 N–H and O–H groups in total. The van der Waals surface area contributed by atoms with E-state index >= 15 is 0 Å². The fourth-order valence-electron chi connectivity index (χ4n) is 1.99. The van der Waals surface area contributed by atoms with E-state index in [1.165, 1.54) is 19.3 Å². The third-order valence-electron chi connectivity index (χ3n) is 3.08. The van der Waals surface area contributed by atoms with E-state index in [1.54, 1.807) is 18.2 Å². The van der Waals surface area contributed by atoms with Crippen molar-refractivity contribution >= 4 is 16.8 Å². The molecule has 0 saturated carbocycles. The lowest BCUT2D eigenvalue weighted by molar-refractivity contribution is 0.0979. The van der Waals surface area contributed by atoms with Crippen LogP contribution in [0, 0.1) is 0 Å². The van der Waals surface area contributed by atoms with Crippen molar-refractivity contribution < 1.29 is 9.42 Å². The third kappa shape index (κ3) is 3.15. The molecule has 0 radical (unpaired) electrons. The van der Waals surface area contributed by atoms with Gasteiger partial charge in [-0.25, -0.2) is 4.63 Å². The van der Waals surface area contributed by atoms with Gasteiger partial charge in [-0.15, -0.1) is 0 Å². The molecular weight excluding hydrogens is 228 g/mol. The Labute approximate surface area is 106 Å². The van der Waals surface area contributed by atoms with Gasteiger partial charge in [0.05, 0.1) is 0 Å². The Morgan fingerprint density at radius 2 is 1.89 bits per heavy atom. The van der Waals surface area contributed by atoms with Gasteiger partial charge in [0.2, 0.25) is 0 Å². The van der Waals surface area contributed by atoms with Gasteiger partial charge in [-0.1, -0.05) is 32.6 Å². The zero-order valence-electron chi connectivity index (χ0n) is 10.7. The number of rotatable bonds is 7. The highest BCUT2D eigenvalue weighted by molar-refractivity contribution is 5.98. The van der Waals surface area contributed by atoms with Crippen molar-refractivity contribution in [1.82, 2.24) is 10.3 Å². The van der Waals surface area contributed by atoms with Crippen LogP contribution in [-0.2, 0) is 0 Å². The number of nitrogens with zero attached hydrogens (tertiary/aromatic N) is 2. The standard InChI is InChI=1S/C14H18N2O2/c1-2-3-4-5-6-7-14(17)11-8-9-12-13(10-11)16-18-15-12/h8-10H,2-7H2,1H3. The quantitative estimate of drug-likeness (QED) is 0.551. The highest BCUT2D eigenvalue weighted by Gasteiger charge is 2.08. The van der Waals surface area contributed by atoms with E-state index in [1.807, 2.05) is 0 Å². The minimum Gasteiger partial charge on any atom is -0.294 e. The van der Waals surface area contributed by atoms with Crippen molar-refractivity contribution in [2.45, 2.75) is 45.4 Å². The molecule has 1 heterocycles. The second kappa shape index (κ2) is 6.28. The number of carbonyl (C=O) groups is 1. The highest BCUT2D eigenvalue weighted by Crippen LogP contribution is 2.15. The molecule has 0 atom stereocenters. The smallest absolute Gasteiger partial charge is 0.162 e. The summed E-state index contributed by atoms with van der Waals surface area (Å²) in [5, 5.41) is 7.46. The molecule has 0 aliphatic heterocycles. The first-order valence-corrected chi connectivity index (χ1v) is 6.57. The van der Waals surface area contributed by atoms with Crippen molar-refractivity contribution in [3.8, 4) is 0 Å². The maximum Gasteiger partial charge on any atom is 0.162 e. The largest absolute Gasteiger partial charge is 0.294 e. The average Bonchev–Trinajstić information content (AvgIpc) is 2.85. The van der Waals surface area contributed by atoms with Crippen LogP contribution in [0.1, 0.15) is 55.8 Å². The number of unbranched alkanes of at least 4 members (excludes halogenated alkanes) is 4. The minimum absolute atomic E-state index is 0.177. The molecule has 1 aromatic heterocycles. The van der Waals surface area contributed by atoms with Crippen molar-refractivity contribution in [3.05, 3.63) is 23.8 Å². The molecule has 0 aliphatic carbocycles. The summed E-state index contributed by atoms with van der Waals surface area (Å²) < 4.78 is 4.61. The predicted molar refractivity (Wildman–Crippen MR) is 69.5 cm³/mol. The number of Topliss-reactive ketones (excluding diaryl/α,β-unsaturated/α-hetero) is 1. The number of hydrogen-bond acceptors (Lipinski definition) is 4. The molecule has 0 aliphatic rings. The Balaban J connectivity index is 1.88. The van der Waals surface area contributed by atoms with Gasteiger partial charge in [-0.3, -0.25) is 4.79 Å². The van der Waals surface area contributed by atoms with Gasteiger partial charge >= 0.3 is 0 Å². The summed E-state index contributed by atoms with van der Waals surface area (Å²) in [7, 11) is 0. The average molecular weight is 246 g/mol. The van der Waals surface area contributed by atoms with Gasteiger partial charge < -0.3 is 0 Å². The molecule has 0 amide bonds. The molecule has 4 nitrogen and oxygen atoms in total. The lowest BCUT2D eigenvalue weighted by Crippen LogP contribution is -1.98. The Bertz CT molecular complexity index is 519. The van der Waals surface area contributed by atoms with Crippen LogP contribution in [-0.4, -0.2) is 16.1 Å². The van der Waals surface area contributed by atoms with Crippen LogP contribution in [0.25, 0.3) is 11.0 Å². The fraction of sp³-hybridized carbons (Fsp3) is 0.500. The van der Waals surface area contributed by atoms with E-state index in [9.17, 15) is 4.79 Å². The van der Waals surface area contributed by atoms with Gasteiger partial charge in [-0.05, 0) is 34.9 Å². The van der Waals surface area contributed by atoms with E-state index in [2.05, 4.69) is 21.9 Å². The van der Waals surface area contributed by atoms with Crippen molar-refractivity contribution in [1.29, 1.82) is 0 Å². The van der Waals surface area contributed by atoms with E-state index in [4.69, 9.17) is 0 Å². The third-order valence-corrected chi connectivity index (χ3v) is 3.08. The van der Waals surface area contributed by atoms with E-state index < -0.39 is 0 Å². The predicted octanol–water partition coefficient (Wildman–Crippen LogP) is 3.77. The summed E-state index contributed by atoms with van der Waals surface area (Å²) in [6.07, 6.45) is 6.41. The number of hydrogen-bond donors (Lipinski definition) is 0. The summed E-state index contributed by atoms with van der Waals surface area (Å²) in [6.45, 7) is 2.19. The van der Waals surface area contributed by atoms with Gasteiger partial charge in [0.25, 0.3) is 0 Å². The molecule has 2 rings (SSSR count). The molecule has 2 aromatic rings. The lowest BCUT2D eigenvalue weighted by Gasteiger charge is -2.01. The normalized spacial score (nSPS) is 10.9. The summed E-state index contributed by atoms with van der Waals surface area (Å²) >= 11 is 0. The Morgan fingerprint density at radius 1 is 1.11 bits per heavy atom. The topological polar surface area (TPSA) is 56.0 Å². The molecular formula is C14H18N2O2. The monoisotopic (exact) mass is 246 g/mol. The van der Waals surface area contributed by atoms with Gasteiger partial charge in [0.1, 0.15) is 11.0 Å². The zero-order valence-corrected chi connectivity index (χ0v) is 10.7. The SMILES string of the molecule is CCCCCCCC(=O)c1ccc2nonc2c1. The second-order valence-corrected chi connectivity index (χ2v) is 4.56. The van der Waals surface area contributed by atoms with Crippen LogP contribution in [0.15, 0.2) is 22.8 Å². The first-order chi connectivity index (χ1) is 8.81. The number of ketones is 1. The molecule has 0 fully saturated rings. The number of benzene rings is 1. The van der Waals surface area contributed by atoms with Crippen molar-refractivity contribution in [2.24, 2.45) is 0 Å². The van der Waals surface area contributed by atoms with E-state index in [-0.39, 0.29) is 5.78 Å². The Hall–Kier alpha value is -1.71. The van der Waals surface area contributed by atoms with Crippen molar-refractivity contribution in [3.63, 3.8) is 0 Å². The summed E-state index contributed by atoms with van der Waals surface area (Å²) in [5.41, 5.74) is 2.04. The summed E-state index contributed by atoms with van der Waals surface area (Å²) in [4.78, 5) is 12.0. The molecule has 1 aromatic carbocycles.